The van der Waals surface area contributed by atoms with Crippen molar-refractivity contribution in [2.24, 2.45) is 5.92 Å². The topological polar surface area (TPSA) is 59.1 Å². The second-order valence-corrected chi connectivity index (χ2v) is 7.17. The van der Waals surface area contributed by atoms with Crippen LogP contribution in [-0.4, -0.2) is 22.9 Å². The Bertz CT molecular complexity index is 942. The number of hydrogen-bond acceptors (Lipinski definition) is 5. The van der Waals surface area contributed by atoms with Crippen LogP contribution in [-0.2, 0) is 0 Å². The summed E-state index contributed by atoms with van der Waals surface area (Å²) < 4.78 is 40.6. The van der Waals surface area contributed by atoms with Crippen LogP contribution < -0.4 is 15.4 Å². The van der Waals surface area contributed by atoms with E-state index in [2.05, 4.69) is 39.2 Å². The average molecular weight is 416 g/mol. The minimum atomic E-state index is -4.71. The lowest BCUT2D eigenvalue weighted by atomic mass is 10.1. The Morgan fingerprint density at radius 2 is 1.60 bits per heavy atom. The molecule has 3 aromatic rings. The molecule has 1 heterocycles. The van der Waals surface area contributed by atoms with Crippen molar-refractivity contribution in [3.05, 3.63) is 60.9 Å². The third-order valence-corrected chi connectivity index (χ3v) is 4.26. The third-order valence-electron chi connectivity index (χ3n) is 4.26. The highest BCUT2D eigenvalue weighted by Gasteiger charge is 2.30. The summed E-state index contributed by atoms with van der Waals surface area (Å²) in [4.78, 5) is 8.47. The Morgan fingerprint density at radius 3 is 2.23 bits per heavy atom. The molecule has 2 N–H and O–H groups in total. The van der Waals surface area contributed by atoms with E-state index >= 15 is 0 Å². The Hall–Kier alpha value is -3.29. The standard InChI is InChI=1S/C22H23F3N4O/c1-15(2)11-12-26-17-5-3-16(4-6-17)20-13-21(28-14-27-20)29-18-7-9-19(10-8-18)30-22(23,24)25/h3-10,13-15,26H,11-12H2,1-2H3,(H,27,28,29). The Labute approximate surface area is 173 Å². The Kier molecular flexibility index (Phi) is 6.76. The van der Waals surface area contributed by atoms with Crippen molar-refractivity contribution in [3.63, 3.8) is 0 Å². The highest BCUT2D eigenvalue weighted by molar-refractivity contribution is 5.67. The van der Waals surface area contributed by atoms with Crippen LogP contribution in [0.1, 0.15) is 20.3 Å². The SMILES string of the molecule is CC(C)CCNc1ccc(-c2cc(Nc3ccc(OC(F)(F)F)cc3)ncn2)cc1. The normalized spacial score (nSPS) is 11.4. The van der Waals surface area contributed by atoms with E-state index < -0.39 is 6.36 Å². The largest absolute Gasteiger partial charge is 0.573 e. The lowest BCUT2D eigenvalue weighted by Gasteiger charge is -2.11. The minimum absolute atomic E-state index is 0.279. The van der Waals surface area contributed by atoms with Crippen molar-refractivity contribution < 1.29 is 17.9 Å². The zero-order valence-electron chi connectivity index (χ0n) is 16.7. The van der Waals surface area contributed by atoms with Gasteiger partial charge in [-0.05, 0) is 48.7 Å². The number of nitrogens with zero attached hydrogens (tertiary/aromatic N) is 2. The van der Waals surface area contributed by atoms with Gasteiger partial charge in [-0.1, -0.05) is 26.0 Å². The average Bonchev–Trinajstić information content (AvgIpc) is 2.69. The van der Waals surface area contributed by atoms with Crippen LogP contribution >= 0.6 is 0 Å². The molecule has 8 heteroatoms. The number of halogens is 3. The number of rotatable bonds is 8. The van der Waals surface area contributed by atoms with Gasteiger partial charge in [0.05, 0.1) is 5.69 Å². The van der Waals surface area contributed by atoms with Crippen molar-refractivity contribution in [1.82, 2.24) is 9.97 Å². The summed E-state index contributed by atoms with van der Waals surface area (Å²) in [6.45, 7) is 5.30. The van der Waals surface area contributed by atoms with Crippen LogP contribution in [0.4, 0.5) is 30.4 Å². The van der Waals surface area contributed by atoms with E-state index in [9.17, 15) is 13.2 Å². The summed E-state index contributed by atoms with van der Waals surface area (Å²) in [6, 6.07) is 15.2. The fraction of sp³-hybridized carbons (Fsp3) is 0.273. The molecule has 0 spiro atoms. The fourth-order valence-electron chi connectivity index (χ4n) is 2.74. The molecule has 158 valence electrons. The van der Waals surface area contributed by atoms with E-state index in [4.69, 9.17) is 0 Å². The molecule has 1 aromatic heterocycles. The number of nitrogens with one attached hydrogen (secondary N) is 2. The van der Waals surface area contributed by atoms with Gasteiger partial charge in [0, 0.05) is 29.5 Å². The van der Waals surface area contributed by atoms with Crippen LogP contribution in [0.3, 0.4) is 0 Å². The molecule has 0 aliphatic heterocycles. The van der Waals surface area contributed by atoms with E-state index in [1.165, 1.54) is 30.6 Å². The van der Waals surface area contributed by atoms with Gasteiger partial charge in [0.2, 0.25) is 0 Å². The quantitative estimate of drug-likeness (QED) is 0.455. The first-order valence-electron chi connectivity index (χ1n) is 9.58. The number of hydrogen-bond donors (Lipinski definition) is 2. The molecule has 0 fully saturated rings. The summed E-state index contributed by atoms with van der Waals surface area (Å²) in [6.07, 6.45) is -2.17. The van der Waals surface area contributed by atoms with Gasteiger partial charge in [-0.15, -0.1) is 13.2 Å². The molecule has 0 saturated carbocycles. The maximum Gasteiger partial charge on any atom is 0.573 e. The van der Waals surface area contributed by atoms with Gasteiger partial charge < -0.3 is 15.4 Å². The number of benzene rings is 2. The van der Waals surface area contributed by atoms with E-state index in [0.29, 0.717) is 17.4 Å². The first-order chi connectivity index (χ1) is 14.3. The summed E-state index contributed by atoms with van der Waals surface area (Å²) in [5.74, 6) is 0.902. The third kappa shape index (κ3) is 6.65. The molecule has 3 rings (SSSR count). The number of anilines is 3. The molecule has 5 nitrogen and oxygen atoms in total. The number of alkyl halides is 3. The van der Waals surface area contributed by atoms with E-state index in [0.717, 1.165) is 29.9 Å². The molecule has 0 radical (unpaired) electrons. The van der Waals surface area contributed by atoms with E-state index in [1.54, 1.807) is 6.07 Å². The minimum Gasteiger partial charge on any atom is -0.406 e. The van der Waals surface area contributed by atoms with Crippen molar-refractivity contribution in [2.45, 2.75) is 26.6 Å². The van der Waals surface area contributed by atoms with Crippen LogP contribution in [0.5, 0.6) is 5.75 Å². The second-order valence-electron chi connectivity index (χ2n) is 7.17. The van der Waals surface area contributed by atoms with Gasteiger partial charge in [0.15, 0.2) is 0 Å². The molecule has 0 unspecified atom stereocenters. The van der Waals surface area contributed by atoms with Gasteiger partial charge >= 0.3 is 6.36 Å². The lowest BCUT2D eigenvalue weighted by Crippen LogP contribution is -2.16. The highest BCUT2D eigenvalue weighted by atomic mass is 19.4. The maximum atomic E-state index is 12.3. The zero-order valence-corrected chi connectivity index (χ0v) is 16.7. The summed E-state index contributed by atoms with van der Waals surface area (Å²) in [7, 11) is 0. The summed E-state index contributed by atoms with van der Waals surface area (Å²) >= 11 is 0. The molecular formula is C22H23F3N4O. The summed E-state index contributed by atoms with van der Waals surface area (Å²) in [5.41, 5.74) is 3.30. The molecule has 0 amide bonds. The fourth-order valence-corrected chi connectivity index (χ4v) is 2.74. The smallest absolute Gasteiger partial charge is 0.406 e. The molecule has 0 saturated heterocycles. The zero-order chi connectivity index (χ0) is 21.6. The Morgan fingerprint density at radius 1 is 0.933 bits per heavy atom. The van der Waals surface area contributed by atoms with E-state index in [-0.39, 0.29) is 5.75 Å². The van der Waals surface area contributed by atoms with Gasteiger partial charge in [0.25, 0.3) is 0 Å². The predicted octanol–water partition coefficient (Wildman–Crippen LogP) is 6.24. The van der Waals surface area contributed by atoms with Crippen molar-refractivity contribution in [2.75, 3.05) is 17.2 Å². The van der Waals surface area contributed by atoms with Crippen LogP contribution in [0.2, 0.25) is 0 Å². The lowest BCUT2D eigenvalue weighted by molar-refractivity contribution is -0.274. The van der Waals surface area contributed by atoms with Crippen LogP contribution in [0.15, 0.2) is 60.9 Å². The molecular weight excluding hydrogens is 393 g/mol. The highest BCUT2D eigenvalue weighted by Crippen LogP contribution is 2.26. The first-order valence-corrected chi connectivity index (χ1v) is 9.58. The van der Waals surface area contributed by atoms with Gasteiger partial charge in [0.1, 0.15) is 17.9 Å². The van der Waals surface area contributed by atoms with Crippen molar-refractivity contribution >= 4 is 17.2 Å². The van der Waals surface area contributed by atoms with E-state index in [1.807, 2.05) is 24.3 Å². The predicted molar refractivity (Wildman–Crippen MR) is 112 cm³/mol. The number of aromatic nitrogens is 2. The molecule has 0 aliphatic rings. The van der Waals surface area contributed by atoms with Crippen molar-refractivity contribution in [1.29, 1.82) is 0 Å². The maximum absolute atomic E-state index is 12.3. The molecule has 2 aromatic carbocycles. The first kappa shape index (κ1) is 21.4. The molecule has 0 aliphatic carbocycles. The molecule has 0 bridgehead atoms. The Balaban J connectivity index is 1.64. The van der Waals surface area contributed by atoms with Crippen LogP contribution in [0, 0.1) is 5.92 Å². The van der Waals surface area contributed by atoms with Crippen LogP contribution in [0.25, 0.3) is 11.3 Å². The molecule has 30 heavy (non-hydrogen) atoms. The number of ether oxygens (including phenoxy) is 1. The van der Waals surface area contributed by atoms with Gasteiger partial charge in [-0.2, -0.15) is 0 Å². The molecule has 0 atom stereocenters. The van der Waals surface area contributed by atoms with Crippen molar-refractivity contribution in [3.8, 4) is 17.0 Å². The van der Waals surface area contributed by atoms with Gasteiger partial charge in [-0.25, -0.2) is 9.97 Å². The summed E-state index contributed by atoms with van der Waals surface area (Å²) in [5, 5.41) is 6.45. The monoisotopic (exact) mass is 416 g/mol. The second kappa shape index (κ2) is 9.47. The van der Waals surface area contributed by atoms with Gasteiger partial charge in [-0.3, -0.25) is 0 Å².